The molecule has 18 heavy (non-hydrogen) atoms. The summed E-state index contributed by atoms with van der Waals surface area (Å²) in [4.78, 5) is 25.2. The van der Waals surface area contributed by atoms with Crippen molar-refractivity contribution in [3.8, 4) is 0 Å². The summed E-state index contributed by atoms with van der Waals surface area (Å²) >= 11 is 0. The molecule has 0 aromatic heterocycles. The molecule has 0 radical (unpaired) electrons. The molecule has 1 aromatic carbocycles. The minimum atomic E-state index is -0.400. The minimum Gasteiger partial charge on any atom is -0.349 e. The molecule has 6 heteroatoms. The first-order valence-corrected chi connectivity index (χ1v) is 5.48. The number of nitrogens with one attached hydrogen (secondary N) is 1. The molecule has 0 unspecified atom stereocenters. The van der Waals surface area contributed by atoms with E-state index in [1.165, 1.54) is 6.92 Å². The Kier molecular flexibility index (Phi) is 5.41. The highest BCUT2D eigenvalue weighted by atomic mass is 16.2. The molecule has 0 aliphatic heterocycles. The van der Waals surface area contributed by atoms with Crippen LogP contribution in [-0.2, 0) is 9.59 Å². The maximum atomic E-state index is 11.5. The van der Waals surface area contributed by atoms with E-state index in [0.717, 1.165) is 5.56 Å². The Morgan fingerprint density at radius 1 is 1.39 bits per heavy atom. The van der Waals surface area contributed by atoms with Gasteiger partial charge in [-0.05, 0) is 18.0 Å². The molecule has 0 aliphatic carbocycles. The van der Waals surface area contributed by atoms with E-state index in [9.17, 15) is 9.59 Å². The number of ketones is 1. The van der Waals surface area contributed by atoms with Gasteiger partial charge < -0.3 is 5.32 Å². The van der Waals surface area contributed by atoms with E-state index >= 15 is 0 Å². The van der Waals surface area contributed by atoms with E-state index < -0.39 is 5.91 Å². The maximum Gasteiger partial charge on any atom is 0.226 e. The molecule has 0 saturated carbocycles. The normalized spacial score (nSPS) is 11.2. The number of carbonyl (C=O) groups is 2. The fourth-order valence-electron chi connectivity index (χ4n) is 1.56. The lowest BCUT2D eigenvalue weighted by Crippen LogP contribution is -2.31. The number of benzene rings is 1. The van der Waals surface area contributed by atoms with E-state index in [-0.39, 0.29) is 24.8 Å². The van der Waals surface area contributed by atoms with Gasteiger partial charge in [0.2, 0.25) is 5.91 Å². The Balaban J connectivity index is 2.76. The summed E-state index contributed by atoms with van der Waals surface area (Å²) in [5.74, 6) is -0.421. The highest BCUT2D eigenvalue weighted by Crippen LogP contribution is 2.16. The van der Waals surface area contributed by atoms with Crippen molar-refractivity contribution in [1.82, 2.24) is 5.32 Å². The van der Waals surface area contributed by atoms with Gasteiger partial charge in [0.1, 0.15) is 12.3 Å². The lowest BCUT2D eigenvalue weighted by molar-refractivity contribution is -0.121. The van der Waals surface area contributed by atoms with Gasteiger partial charge in [-0.15, -0.1) is 0 Å². The van der Waals surface area contributed by atoms with Crippen LogP contribution in [0.4, 0.5) is 0 Å². The van der Waals surface area contributed by atoms with Crippen molar-refractivity contribution in [3.63, 3.8) is 0 Å². The number of hydrogen-bond acceptors (Lipinski definition) is 3. The molecule has 0 bridgehead atoms. The van der Waals surface area contributed by atoms with Crippen molar-refractivity contribution >= 4 is 11.7 Å². The first kappa shape index (κ1) is 13.7. The average Bonchev–Trinajstić information content (AvgIpc) is 2.36. The zero-order valence-corrected chi connectivity index (χ0v) is 10.0. The predicted molar refractivity (Wildman–Crippen MR) is 66.6 cm³/mol. The number of amides is 1. The second-order valence-electron chi connectivity index (χ2n) is 3.83. The van der Waals surface area contributed by atoms with E-state index in [1.54, 1.807) is 0 Å². The van der Waals surface area contributed by atoms with E-state index in [4.69, 9.17) is 5.53 Å². The monoisotopic (exact) mass is 246 g/mol. The minimum absolute atomic E-state index is 0.0204. The Bertz CT molecular complexity index is 466. The van der Waals surface area contributed by atoms with Crippen molar-refractivity contribution in [2.45, 2.75) is 19.4 Å². The van der Waals surface area contributed by atoms with Crippen LogP contribution < -0.4 is 5.32 Å². The first-order chi connectivity index (χ1) is 8.63. The van der Waals surface area contributed by atoms with Gasteiger partial charge in [0, 0.05) is 11.3 Å². The smallest absolute Gasteiger partial charge is 0.226 e. The number of hydrogen-bond donors (Lipinski definition) is 1. The Labute approximate surface area is 105 Å². The lowest BCUT2D eigenvalue weighted by Gasteiger charge is -2.17. The van der Waals surface area contributed by atoms with Gasteiger partial charge in [0.25, 0.3) is 0 Å². The summed E-state index contributed by atoms with van der Waals surface area (Å²) in [7, 11) is 0. The molecule has 0 spiro atoms. The van der Waals surface area contributed by atoms with Crippen molar-refractivity contribution in [2.75, 3.05) is 6.54 Å². The summed E-state index contributed by atoms with van der Waals surface area (Å²) in [5, 5.41) is 5.86. The summed E-state index contributed by atoms with van der Waals surface area (Å²) < 4.78 is 0. The summed E-state index contributed by atoms with van der Waals surface area (Å²) in [6.45, 7) is 1.20. The average molecular weight is 246 g/mol. The topological polar surface area (TPSA) is 94.9 Å². The van der Waals surface area contributed by atoms with E-state index in [2.05, 4.69) is 15.3 Å². The van der Waals surface area contributed by atoms with Crippen molar-refractivity contribution in [2.24, 2.45) is 5.11 Å². The SMILES string of the molecule is CC(=O)C[C@H](NC(=O)CN=[N+]=[N-])c1ccccc1. The molecule has 94 valence electrons. The maximum absolute atomic E-state index is 11.5. The molecular weight excluding hydrogens is 232 g/mol. The molecule has 1 rings (SSSR count). The molecule has 1 aromatic rings. The summed E-state index contributed by atoms with van der Waals surface area (Å²) in [5.41, 5.74) is 8.99. The molecule has 0 aliphatic rings. The second-order valence-corrected chi connectivity index (χ2v) is 3.83. The number of nitrogens with zero attached hydrogens (tertiary/aromatic N) is 3. The van der Waals surface area contributed by atoms with Crippen LogP contribution in [-0.4, -0.2) is 18.2 Å². The van der Waals surface area contributed by atoms with Crippen LogP contribution in [0.15, 0.2) is 35.4 Å². The van der Waals surface area contributed by atoms with Gasteiger partial charge in [-0.3, -0.25) is 9.59 Å². The third-order valence-electron chi connectivity index (χ3n) is 2.31. The zero-order valence-electron chi connectivity index (χ0n) is 10.0. The quantitative estimate of drug-likeness (QED) is 0.472. The second kappa shape index (κ2) is 7.09. The van der Waals surface area contributed by atoms with Crippen LogP contribution in [0.5, 0.6) is 0 Å². The Morgan fingerprint density at radius 2 is 2.06 bits per heavy atom. The third-order valence-corrected chi connectivity index (χ3v) is 2.31. The summed E-state index contributed by atoms with van der Waals surface area (Å²) in [6, 6.07) is 8.81. The van der Waals surface area contributed by atoms with Crippen LogP contribution in [0.3, 0.4) is 0 Å². The van der Waals surface area contributed by atoms with Crippen LogP contribution in [0.1, 0.15) is 24.9 Å². The van der Waals surface area contributed by atoms with Gasteiger partial charge in [-0.2, -0.15) is 0 Å². The van der Waals surface area contributed by atoms with Crippen molar-refractivity contribution in [1.29, 1.82) is 0 Å². The van der Waals surface area contributed by atoms with Crippen molar-refractivity contribution < 1.29 is 9.59 Å². The molecule has 0 fully saturated rings. The van der Waals surface area contributed by atoms with Gasteiger partial charge >= 0.3 is 0 Å². The number of carbonyl (C=O) groups excluding carboxylic acids is 2. The molecule has 6 nitrogen and oxygen atoms in total. The van der Waals surface area contributed by atoms with Crippen LogP contribution in [0.2, 0.25) is 0 Å². The predicted octanol–water partition coefficient (Wildman–Crippen LogP) is 2.13. The zero-order chi connectivity index (χ0) is 13.4. The van der Waals surface area contributed by atoms with Gasteiger partial charge in [0.05, 0.1) is 6.04 Å². The van der Waals surface area contributed by atoms with E-state index in [1.807, 2.05) is 30.3 Å². The molecule has 1 N–H and O–H groups in total. The van der Waals surface area contributed by atoms with Crippen LogP contribution >= 0.6 is 0 Å². The first-order valence-electron chi connectivity index (χ1n) is 5.48. The standard InChI is InChI=1S/C12H14N4O2/c1-9(17)7-11(10-5-3-2-4-6-10)15-12(18)8-14-16-13/h2-6,11H,7-8H2,1H3,(H,15,18)/t11-/m0/s1. The third kappa shape index (κ3) is 4.67. The molecule has 0 saturated heterocycles. The highest BCUT2D eigenvalue weighted by molar-refractivity contribution is 5.81. The van der Waals surface area contributed by atoms with Crippen LogP contribution in [0.25, 0.3) is 10.4 Å². The van der Waals surface area contributed by atoms with Crippen LogP contribution in [0, 0.1) is 0 Å². The molecular formula is C12H14N4O2. The van der Waals surface area contributed by atoms with E-state index in [0.29, 0.717) is 0 Å². The fourth-order valence-corrected chi connectivity index (χ4v) is 1.56. The van der Waals surface area contributed by atoms with Crippen molar-refractivity contribution in [3.05, 3.63) is 46.3 Å². The molecule has 1 amide bonds. The Morgan fingerprint density at radius 3 is 2.61 bits per heavy atom. The molecule has 0 heterocycles. The van der Waals surface area contributed by atoms with Gasteiger partial charge in [-0.1, -0.05) is 35.4 Å². The Hall–Kier alpha value is -2.33. The largest absolute Gasteiger partial charge is 0.349 e. The number of azide groups is 1. The van der Waals surface area contributed by atoms with Gasteiger partial charge in [-0.25, -0.2) is 0 Å². The fraction of sp³-hybridized carbons (Fsp3) is 0.333. The number of Topliss-reactive ketones (excluding diaryl/α,β-unsaturated/α-hetero) is 1. The molecule has 1 atom stereocenters. The number of rotatable bonds is 6. The lowest BCUT2D eigenvalue weighted by atomic mass is 10.0. The summed E-state index contributed by atoms with van der Waals surface area (Å²) in [6.07, 6.45) is 0.214. The highest BCUT2D eigenvalue weighted by Gasteiger charge is 2.15. The van der Waals surface area contributed by atoms with Gasteiger partial charge in [0.15, 0.2) is 0 Å².